The summed E-state index contributed by atoms with van der Waals surface area (Å²) in [5.41, 5.74) is 0.772. The van der Waals surface area contributed by atoms with Crippen LogP contribution in [0.5, 0.6) is 5.75 Å². The first-order chi connectivity index (χ1) is 13.6. The van der Waals surface area contributed by atoms with Crippen LogP contribution >= 0.6 is 0 Å². The molecule has 0 aromatic heterocycles. The normalized spacial score (nSPS) is 25.0. The largest absolute Gasteiger partial charge is 0.488 e. The van der Waals surface area contributed by atoms with Gasteiger partial charge in [-0.15, -0.1) is 0 Å². The summed E-state index contributed by atoms with van der Waals surface area (Å²) in [6.07, 6.45) is 4.71. The minimum absolute atomic E-state index is 0.112. The fraction of sp³-hybridized carbons (Fsp3) is 0.652. The molecule has 1 aliphatic carbocycles. The summed E-state index contributed by atoms with van der Waals surface area (Å²) >= 11 is 0. The lowest BCUT2D eigenvalue weighted by Crippen LogP contribution is -2.36. The second-order valence-corrected chi connectivity index (χ2v) is 9.47. The third-order valence-corrected chi connectivity index (χ3v) is 5.80. The summed E-state index contributed by atoms with van der Waals surface area (Å²) in [6, 6.07) is 5.17. The molecular weight excluding hydrogens is 370 g/mol. The van der Waals surface area contributed by atoms with Crippen LogP contribution in [0.2, 0.25) is 0 Å². The van der Waals surface area contributed by atoms with E-state index >= 15 is 0 Å². The zero-order valence-electron chi connectivity index (χ0n) is 17.9. The van der Waals surface area contributed by atoms with Gasteiger partial charge in [0.15, 0.2) is 0 Å². The lowest BCUT2D eigenvalue weighted by molar-refractivity contribution is 0.0275. The summed E-state index contributed by atoms with van der Waals surface area (Å²) in [7, 11) is 0. The third kappa shape index (κ3) is 5.64. The van der Waals surface area contributed by atoms with Crippen LogP contribution in [-0.4, -0.2) is 46.9 Å². The molecule has 6 heteroatoms. The monoisotopic (exact) mass is 403 g/mol. The summed E-state index contributed by atoms with van der Waals surface area (Å²) in [4.78, 5) is 25.5. The number of likely N-dealkylation sites (tertiary alicyclic amines) is 1. The Morgan fingerprint density at radius 1 is 1.10 bits per heavy atom. The van der Waals surface area contributed by atoms with E-state index in [1.54, 1.807) is 23.1 Å². The van der Waals surface area contributed by atoms with Gasteiger partial charge in [0, 0.05) is 13.0 Å². The molecule has 1 aromatic rings. The van der Waals surface area contributed by atoms with Gasteiger partial charge in [0.25, 0.3) is 0 Å². The van der Waals surface area contributed by atoms with E-state index in [0.29, 0.717) is 24.6 Å². The van der Waals surface area contributed by atoms with Gasteiger partial charge in [-0.3, -0.25) is 0 Å². The number of ether oxygens (including phenoxy) is 2. The average molecular weight is 404 g/mol. The zero-order valence-corrected chi connectivity index (χ0v) is 17.9. The van der Waals surface area contributed by atoms with Gasteiger partial charge >= 0.3 is 12.1 Å². The van der Waals surface area contributed by atoms with Crippen molar-refractivity contribution < 1.29 is 24.2 Å². The Morgan fingerprint density at radius 3 is 2.41 bits per heavy atom. The molecule has 1 unspecified atom stereocenters. The van der Waals surface area contributed by atoms with E-state index in [9.17, 15) is 14.7 Å². The molecule has 1 saturated heterocycles. The SMILES string of the molecule is CC1CCC(c2cc(C(=O)O)ccc2OC2CCN(C(=O)OC(C)(C)C)C2)CC1. The minimum Gasteiger partial charge on any atom is -0.488 e. The maximum atomic E-state index is 12.3. The molecule has 1 aromatic carbocycles. The predicted molar refractivity (Wildman–Crippen MR) is 111 cm³/mol. The number of aromatic carboxylic acids is 1. The van der Waals surface area contributed by atoms with Crippen molar-refractivity contribution in [2.45, 2.75) is 77.4 Å². The maximum absolute atomic E-state index is 12.3. The fourth-order valence-electron chi connectivity index (χ4n) is 4.18. The summed E-state index contributed by atoms with van der Waals surface area (Å²) < 4.78 is 11.7. The second kappa shape index (κ2) is 8.64. The topological polar surface area (TPSA) is 76.1 Å². The highest BCUT2D eigenvalue weighted by Gasteiger charge is 2.32. The Balaban J connectivity index is 1.72. The highest BCUT2D eigenvalue weighted by Crippen LogP contribution is 2.40. The number of amides is 1. The van der Waals surface area contributed by atoms with Crippen molar-refractivity contribution in [1.82, 2.24) is 4.90 Å². The van der Waals surface area contributed by atoms with Crippen molar-refractivity contribution in [3.05, 3.63) is 29.3 Å². The van der Waals surface area contributed by atoms with Gasteiger partial charge < -0.3 is 19.5 Å². The molecular formula is C23H33NO5. The molecule has 0 bridgehead atoms. The van der Waals surface area contributed by atoms with Crippen LogP contribution in [0, 0.1) is 5.92 Å². The molecule has 29 heavy (non-hydrogen) atoms. The van der Waals surface area contributed by atoms with Crippen LogP contribution in [-0.2, 0) is 4.74 Å². The Kier molecular flexibility index (Phi) is 6.39. The van der Waals surface area contributed by atoms with Crippen LogP contribution in [0.15, 0.2) is 18.2 Å². The highest BCUT2D eigenvalue weighted by atomic mass is 16.6. The zero-order chi connectivity index (χ0) is 21.2. The molecule has 2 aliphatic rings. The van der Waals surface area contributed by atoms with Crippen molar-refractivity contribution >= 4 is 12.1 Å². The first kappa shape index (κ1) is 21.5. The first-order valence-electron chi connectivity index (χ1n) is 10.6. The van der Waals surface area contributed by atoms with Gasteiger partial charge in [0.05, 0.1) is 12.1 Å². The number of carbonyl (C=O) groups excluding carboxylic acids is 1. The molecule has 1 saturated carbocycles. The number of rotatable bonds is 4. The first-order valence-corrected chi connectivity index (χ1v) is 10.6. The molecule has 3 rings (SSSR count). The number of benzene rings is 1. The van der Waals surface area contributed by atoms with Crippen LogP contribution in [0.25, 0.3) is 0 Å². The third-order valence-electron chi connectivity index (χ3n) is 5.80. The Morgan fingerprint density at radius 2 is 1.79 bits per heavy atom. The van der Waals surface area contributed by atoms with Crippen molar-refractivity contribution in [2.75, 3.05) is 13.1 Å². The Bertz CT molecular complexity index is 746. The van der Waals surface area contributed by atoms with Crippen LogP contribution in [0.1, 0.15) is 81.6 Å². The van der Waals surface area contributed by atoms with Gasteiger partial charge in [-0.05, 0) is 69.2 Å². The summed E-state index contributed by atoms with van der Waals surface area (Å²) in [5.74, 6) is 0.879. The highest BCUT2D eigenvalue weighted by molar-refractivity contribution is 5.88. The smallest absolute Gasteiger partial charge is 0.410 e. The van der Waals surface area contributed by atoms with Crippen molar-refractivity contribution in [3.63, 3.8) is 0 Å². The van der Waals surface area contributed by atoms with Gasteiger partial charge in [0.2, 0.25) is 0 Å². The van der Waals surface area contributed by atoms with Crippen LogP contribution in [0.4, 0.5) is 4.79 Å². The number of nitrogens with zero attached hydrogens (tertiary/aromatic N) is 1. The number of carbonyl (C=O) groups is 2. The minimum atomic E-state index is -0.918. The maximum Gasteiger partial charge on any atom is 0.410 e. The summed E-state index contributed by atoms with van der Waals surface area (Å²) in [6.45, 7) is 8.92. The Labute approximate surface area is 173 Å². The van der Waals surface area contributed by atoms with E-state index in [-0.39, 0.29) is 12.2 Å². The van der Waals surface area contributed by atoms with E-state index in [0.717, 1.165) is 49.3 Å². The fourth-order valence-corrected chi connectivity index (χ4v) is 4.18. The van der Waals surface area contributed by atoms with Crippen LogP contribution < -0.4 is 4.74 Å². The lowest BCUT2D eigenvalue weighted by atomic mass is 9.79. The molecule has 0 spiro atoms. The average Bonchev–Trinajstić information content (AvgIpc) is 3.10. The molecule has 1 N–H and O–H groups in total. The van der Waals surface area contributed by atoms with E-state index in [1.165, 1.54) is 0 Å². The van der Waals surface area contributed by atoms with E-state index in [2.05, 4.69) is 6.92 Å². The predicted octanol–water partition coefficient (Wildman–Crippen LogP) is 5.07. The molecule has 6 nitrogen and oxygen atoms in total. The number of hydrogen-bond donors (Lipinski definition) is 1. The number of hydrogen-bond acceptors (Lipinski definition) is 4. The molecule has 1 atom stereocenters. The molecule has 1 amide bonds. The van der Waals surface area contributed by atoms with E-state index < -0.39 is 11.6 Å². The molecule has 0 radical (unpaired) electrons. The Hall–Kier alpha value is -2.24. The molecule has 160 valence electrons. The summed E-state index contributed by atoms with van der Waals surface area (Å²) in [5, 5.41) is 9.41. The van der Waals surface area contributed by atoms with E-state index in [1.807, 2.05) is 20.8 Å². The van der Waals surface area contributed by atoms with Gasteiger partial charge in [-0.2, -0.15) is 0 Å². The molecule has 1 heterocycles. The molecule has 2 fully saturated rings. The van der Waals surface area contributed by atoms with Crippen molar-refractivity contribution in [2.24, 2.45) is 5.92 Å². The van der Waals surface area contributed by atoms with Gasteiger partial charge in [-0.25, -0.2) is 9.59 Å². The molecule has 1 aliphatic heterocycles. The number of carboxylic acid groups (broad SMARTS) is 1. The van der Waals surface area contributed by atoms with Gasteiger partial charge in [0.1, 0.15) is 17.5 Å². The number of carboxylic acids is 1. The standard InChI is InChI=1S/C23H33NO5/c1-15-5-7-16(8-6-15)19-13-17(21(25)26)9-10-20(19)28-18-11-12-24(14-18)22(27)29-23(2,3)4/h9-10,13,15-16,18H,5-8,11-12,14H2,1-4H3,(H,25,26). The van der Waals surface area contributed by atoms with Crippen molar-refractivity contribution in [1.29, 1.82) is 0 Å². The second-order valence-electron chi connectivity index (χ2n) is 9.47. The van der Waals surface area contributed by atoms with E-state index in [4.69, 9.17) is 9.47 Å². The van der Waals surface area contributed by atoms with Crippen molar-refractivity contribution in [3.8, 4) is 5.75 Å². The lowest BCUT2D eigenvalue weighted by Gasteiger charge is -2.29. The van der Waals surface area contributed by atoms with Crippen LogP contribution in [0.3, 0.4) is 0 Å². The quantitative estimate of drug-likeness (QED) is 0.760. The van der Waals surface area contributed by atoms with Gasteiger partial charge in [-0.1, -0.05) is 19.8 Å².